The van der Waals surface area contributed by atoms with Gasteiger partial charge in [-0.2, -0.15) is 0 Å². The van der Waals surface area contributed by atoms with Crippen LogP contribution in [0.5, 0.6) is 11.5 Å². The second-order valence-electron chi connectivity index (χ2n) is 7.92. The molecule has 0 heterocycles. The standard InChI is InChI=1S/C26H20FN3O6S/c27-18-6-9-20(10-7-18)37(35,36)30-22-14-19(8-12-24(22)32)29-26(34)16-3-1-15(2-4-16)17-5-11-23(31)21(13-17)25(28)33/h1-14,30-32H,(H2,28,33)(H,29,34). The molecule has 2 amide bonds. The lowest BCUT2D eigenvalue weighted by Gasteiger charge is -2.12. The molecule has 0 fully saturated rings. The van der Waals surface area contributed by atoms with Gasteiger partial charge >= 0.3 is 0 Å². The maximum atomic E-state index is 13.1. The number of rotatable bonds is 7. The molecular formula is C26H20FN3O6S. The molecule has 6 N–H and O–H groups in total. The number of nitrogens with two attached hydrogens (primary N) is 1. The number of carbonyl (C=O) groups is 2. The highest BCUT2D eigenvalue weighted by Crippen LogP contribution is 2.30. The van der Waals surface area contributed by atoms with Crippen LogP contribution in [0, 0.1) is 5.82 Å². The summed E-state index contributed by atoms with van der Waals surface area (Å²) < 4.78 is 40.5. The number of phenols is 2. The molecule has 0 aliphatic heterocycles. The van der Waals surface area contributed by atoms with Crippen molar-refractivity contribution in [3.05, 3.63) is 102 Å². The molecule has 0 spiro atoms. The van der Waals surface area contributed by atoms with Crippen molar-refractivity contribution < 1.29 is 32.6 Å². The number of nitrogens with one attached hydrogen (secondary N) is 2. The van der Waals surface area contributed by atoms with Crippen molar-refractivity contribution in [3.63, 3.8) is 0 Å². The minimum Gasteiger partial charge on any atom is -0.507 e. The molecule has 0 bridgehead atoms. The van der Waals surface area contributed by atoms with Gasteiger partial charge in [-0.1, -0.05) is 18.2 Å². The van der Waals surface area contributed by atoms with Crippen LogP contribution in [-0.4, -0.2) is 30.4 Å². The van der Waals surface area contributed by atoms with E-state index in [-0.39, 0.29) is 38.9 Å². The summed E-state index contributed by atoms with van der Waals surface area (Å²) in [7, 11) is -4.13. The molecule has 9 nitrogen and oxygen atoms in total. The zero-order valence-electron chi connectivity index (χ0n) is 19.0. The van der Waals surface area contributed by atoms with E-state index in [0.29, 0.717) is 11.1 Å². The van der Waals surface area contributed by atoms with E-state index in [2.05, 4.69) is 10.0 Å². The molecule has 0 saturated carbocycles. The van der Waals surface area contributed by atoms with Gasteiger partial charge < -0.3 is 21.3 Å². The van der Waals surface area contributed by atoms with Crippen molar-refractivity contribution in [1.29, 1.82) is 0 Å². The molecule has 0 aliphatic carbocycles. The van der Waals surface area contributed by atoms with Crippen LogP contribution in [0.4, 0.5) is 15.8 Å². The molecule has 11 heteroatoms. The first-order valence-electron chi connectivity index (χ1n) is 10.7. The lowest BCUT2D eigenvalue weighted by Crippen LogP contribution is -2.14. The minimum absolute atomic E-state index is 0.0301. The summed E-state index contributed by atoms with van der Waals surface area (Å²) in [5, 5.41) is 22.5. The summed E-state index contributed by atoms with van der Waals surface area (Å²) in [6.45, 7) is 0. The number of hydrogen-bond acceptors (Lipinski definition) is 6. The van der Waals surface area contributed by atoms with E-state index >= 15 is 0 Å². The second-order valence-corrected chi connectivity index (χ2v) is 9.60. The van der Waals surface area contributed by atoms with E-state index in [1.165, 1.54) is 30.3 Å². The SMILES string of the molecule is NC(=O)c1cc(-c2ccc(C(=O)Nc3ccc(O)c(NS(=O)(=O)c4ccc(F)cc4)c3)cc2)ccc1O. The van der Waals surface area contributed by atoms with Gasteiger partial charge in [0, 0.05) is 11.3 Å². The molecule has 4 aromatic rings. The predicted octanol–water partition coefficient (Wildman–Crippen LogP) is 4.06. The summed E-state index contributed by atoms with van der Waals surface area (Å²) in [5.41, 5.74) is 6.81. The molecule has 4 rings (SSSR count). The first-order valence-corrected chi connectivity index (χ1v) is 12.2. The molecule has 0 unspecified atom stereocenters. The number of primary amides is 1. The van der Waals surface area contributed by atoms with E-state index < -0.39 is 27.7 Å². The Labute approximate surface area is 211 Å². The summed E-state index contributed by atoms with van der Waals surface area (Å²) in [6.07, 6.45) is 0. The van der Waals surface area contributed by atoms with Crippen molar-refractivity contribution in [2.75, 3.05) is 10.0 Å². The average Bonchev–Trinajstić information content (AvgIpc) is 2.86. The van der Waals surface area contributed by atoms with Gasteiger partial charge in [0.05, 0.1) is 16.1 Å². The number of sulfonamides is 1. The highest BCUT2D eigenvalue weighted by Gasteiger charge is 2.17. The Kier molecular flexibility index (Phi) is 6.81. The van der Waals surface area contributed by atoms with Gasteiger partial charge in [0.2, 0.25) is 0 Å². The molecule has 37 heavy (non-hydrogen) atoms. The third-order valence-corrected chi connectivity index (χ3v) is 6.75. The quantitative estimate of drug-likeness (QED) is 0.182. The first kappa shape index (κ1) is 25.2. The Balaban J connectivity index is 1.51. The Hall–Kier alpha value is -4.90. The zero-order valence-corrected chi connectivity index (χ0v) is 19.8. The molecule has 0 saturated heterocycles. The number of anilines is 2. The number of aromatic hydroxyl groups is 2. The van der Waals surface area contributed by atoms with Crippen molar-refractivity contribution in [1.82, 2.24) is 0 Å². The van der Waals surface area contributed by atoms with Crippen LogP contribution >= 0.6 is 0 Å². The van der Waals surface area contributed by atoms with Crippen LogP contribution in [0.2, 0.25) is 0 Å². The van der Waals surface area contributed by atoms with Crippen molar-refractivity contribution in [2.24, 2.45) is 5.73 Å². The number of phenolic OH excluding ortho intramolecular Hbond substituents is 1. The molecule has 0 atom stereocenters. The fourth-order valence-electron chi connectivity index (χ4n) is 3.44. The van der Waals surface area contributed by atoms with Crippen LogP contribution in [0.3, 0.4) is 0 Å². The first-order chi connectivity index (χ1) is 17.5. The van der Waals surface area contributed by atoms with E-state index in [0.717, 1.165) is 24.3 Å². The number of halogens is 1. The van der Waals surface area contributed by atoms with Gasteiger partial charge in [-0.25, -0.2) is 12.8 Å². The molecule has 0 radical (unpaired) electrons. The van der Waals surface area contributed by atoms with Crippen molar-refractivity contribution in [3.8, 4) is 22.6 Å². The van der Waals surface area contributed by atoms with Crippen molar-refractivity contribution in [2.45, 2.75) is 4.90 Å². The van der Waals surface area contributed by atoms with Gasteiger partial charge in [0.15, 0.2) is 0 Å². The number of hydrogen-bond donors (Lipinski definition) is 5. The van der Waals surface area contributed by atoms with Crippen LogP contribution in [0.1, 0.15) is 20.7 Å². The van der Waals surface area contributed by atoms with E-state index in [1.807, 2.05) is 0 Å². The lowest BCUT2D eigenvalue weighted by atomic mass is 10.0. The second kappa shape index (κ2) is 9.99. The van der Waals surface area contributed by atoms with E-state index in [4.69, 9.17) is 5.73 Å². The highest BCUT2D eigenvalue weighted by atomic mass is 32.2. The number of amides is 2. The third kappa shape index (κ3) is 5.68. The predicted molar refractivity (Wildman–Crippen MR) is 135 cm³/mol. The summed E-state index contributed by atoms with van der Waals surface area (Å²) in [5.74, 6) is -2.49. The largest absolute Gasteiger partial charge is 0.507 e. The van der Waals surface area contributed by atoms with Gasteiger partial charge in [0.1, 0.15) is 17.3 Å². The Bertz CT molecular complexity index is 1600. The van der Waals surface area contributed by atoms with Gasteiger partial charge in [-0.3, -0.25) is 14.3 Å². The smallest absolute Gasteiger partial charge is 0.262 e. The molecule has 188 valence electrons. The molecular weight excluding hydrogens is 501 g/mol. The zero-order chi connectivity index (χ0) is 26.7. The molecule has 0 aliphatic rings. The maximum Gasteiger partial charge on any atom is 0.262 e. The topological polar surface area (TPSA) is 159 Å². The van der Waals surface area contributed by atoms with Gasteiger partial charge in [-0.05, 0) is 77.9 Å². The van der Waals surface area contributed by atoms with E-state index in [9.17, 15) is 32.6 Å². The number of carbonyl (C=O) groups excluding carboxylic acids is 2. The monoisotopic (exact) mass is 521 g/mol. The van der Waals surface area contributed by atoms with Crippen molar-refractivity contribution >= 4 is 33.2 Å². The van der Waals surface area contributed by atoms with Crippen LogP contribution < -0.4 is 15.8 Å². The Morgan fingerprint density at radius 2 is 1.41 bits per heavy atom. The normalized spacial score (nSPS) is 11.1. The number of benzene rings is 4. The summed E-state index contributed by atoms with van der Waals surface area (Å²) in [6, 6.07) is 18.8. The summed E-state index contributed by atoms with van der Waals surface area (Å²) in [4.78, 5) is 24.0. The van der Waals surface area contributed by atoms with Gasteiger partial charge in [0.25, 0.3) is 21.8 Å². The van der Waals surface area contributed by atoms with Crippen LogP contribution in [0.25, 0.3) is 11.1 Å². The Morgan fingerprint density at radius 1 is 0.784 bits per heavy atom. The van der Waals surface area contributed by atoms with Gasteiger partial charge in [-0.15, -0.1) is 0 Å². The highest BCUT2D eigenvalue weighted by molar-refractivity contribution is 7.92. The fraction of sp³-hybridized carbons (Fsp3) is 0. The third-order valence-electron chi connectivity index (χ3n) is 5.37. The molecule has 0 aromatic heterocycles. The summed E-state index contributed by atoms with van der Waals surface area (Å²) >= 11 is 0. The lowest BCUT2D eigenvalue weighted by molar-refractivity contribution is 0.0995. The molecule has 4 aromatic carbocycles. The van der Waals surface area contributed by atoms with Crippen LogP contribution in [-0.2, 0) is 10.0 Å². The fourth-order valence-corrected chi connectivity index (χ4v) is 4.51. The maximum absolute atomic E-state index is 13.1. The van der Waals surface area contributed by atoms with E-state index in [1.54, 1.807) is 30.3 Å². The van der Waals surface area contributed by atoms with Crippen LogP contribution in [0.15, 0.2) is 89.8 Å². The minimum atomic E-state index is -4.13. The Morgan fingerprint density at radius 3 is 2.05 bits per heavy atom. The average molecular weight is 522 g/mol.